The number of piperidine rings is 1. The molecule has 0 bridgehead atoms. The van der Waals surface area contributed by atoms with Crippen molar-refractivity contribution in [1.29, 1.82) is 5.26 Å². The van der Waals surface area contributed by atoms with Crippen molar-refractivity contribution in [2.75, 3.05) is 30.3 Å². The molecule has 11 heteroatoms. The molecular formula is C21H27F3N4O3S. The summed E-state index contributed by atoms with van der Waals surface area (Å²) in [7, 11) is -3.62. The summed E-state index contributed by atoms with van der Waals surface area (Å²) in [6.07, 6.45) is -2.06. The molecule has 1 atom stereocenters. The standard InChI is InChI=1S/C21H27F3N4O3S/c1-2-3-10-32(30,31)28-14-20(12-18(28)19(26)29)6-8-27(9-7-20)16-5-4-15(13-25)17(11-16)21(22,23)24/h4-5,11,18H,2-3,6-10,12,14H2,1H3,(H2,26,29). The summed E-state index contributed by atoms with van der Waals surface area (Å²) >= 11 is 0. The molecule has 32 heavy (non-hydrogen) atoms. The predicted molar refractivity (Wildman–Crippen MR) is 113 cm³/mol. The van der Waals surface area contributed by atoms with Crippen LogP contribution in [-0.4, -0.2) is 50.1 Å². The number of nitrogens with zero attached hydrogens (tertiary/aromatic N) is 3. The van der Waals surface area contributed by atoms with Gasteiger partial charge in [0.05, 0.1) is 22.9 Å². The van der Waals surface area contributed by atoms with Gasteiger partial charge in [-0.3, -0.25) is 4.79 Å². The molecule has 0 radical (unpaired) electrons. The minimum atomic E-state index is -4.63. The highest BCUT2D eigenvalue weighted by atomic mass is 32.2. The van der Waals surface area contributed by atoms with Gasteiger partial charge in [-0.2, -0.15) is 22.7 Å². The van der Waals surface area contributed by atoms with E-state index in [1.165, 1.54) is 16.4 Å². The van der Waals surface area contributed by atoms with Crippen LogP contribution < -0.4 is 10.6 Å². The van der Waals surface area contributed by atoms with Gasteiger partial charge in [0, 0.05) is 25.3 Å². The topological polar surface area (TPSA) is 108 Å². The Morgan fingerprint density at radius 1 is 1.31 bits per heavy atom. The van der Waals surface area contributed by atoms with E-state index in [2.05, 4.69) is 0 Å². The lowest BCUT2D eigenvalue weighted by Crippen LogP contribution is -2.45. The SMILES string of the molecule is CCCCS(=O)(=O)N1CC2(CCN(c3ccc(C#N)c(C(F)(F)F)c3)CC2)CC1C(N)=O. The third-order valence-electron chi connectivity index (χ3n) is 6.53. The van der Waals surface area contributed by atoms with E-state index in [0.717, 1.165) is 6.07 Å². The maximum absolute atomic E-state index is 13.3. The first-order chi connectivity index (χ1) is 14.9. The number of sulfonamides is 1. The van der Waals surface area contributed by atoms with Crippen molar-refractivity contribution in [2.24, 2.45) is 11.1 Å². The number of halogens is 3. The number of rotatable bonds is 6. The fourth-order valence-electron chi connectivity index (χ4n) is 4.66. The van der Waals surface area contributed by atoms with Crippen LogP contribution in [0, 0.1) is 16.7 Å². The van der Waals surface area contributed by atoms with Crippen molar-refractivity contribution in [1.82, 2.24) is 4.31 Å². The van der Waals surface area contributed by atoms with E-state index in [9.17, 15) is 26.4 Å². The second-order valence-electron chi connectivity index (χ2n) is 8.66. The van der Waals surface area contributed by atoms with Crippen LogP contribution in [0.3, 0.4) is 0 Å². The summed E-state index contributed by atoms with van der Waals surface area (Å²) in [6.45, 7) is 2.91. The van der Waals surface area contributed by atoms with Crippen molar-refractivity contribution < 1.29 is 26.4 Å². The summed E-state index contributed by atoms with van der Waals surface area (Å²) in [5.41, 5.74) is 4.05. The highest BCUT2D eigenvalue weighted by molar-refractivity contribution is 7.89. The molecule has 2 aliphatic rings. The molecule has 1 amide bonds. The number of nitrogens with two attached hydrogens (primary N) is 1. The molecular weight excluding hydrogens is 445 g/mol. The van der Waals surface area contributed by atoms with Gasteiger partial charge in [0.15, 0.2) is 0 Å². The molecule has 2 aliphatic heterocycles. The molecule has 176 valence electrons. The van der Waals surface area contributed by atoms with E-state index in [0.29, 0.717) is 50.9 Å². The van der Waals surface area contributed by atoms with Gasteiger partial charge < -0.3 is 10.6 Å². The maximum atomic E-state index is 13.3. The molecule has 1 unspecified atom stereocenters. The first kappa shape index (κ1) is 24.3. The molecule has 2 N–H and O–H groups in total. The first-order valence-electron chi connectivity index (χ1n) is 10.6. The van der Waals surface area contributed by atoms with Gasteiger partial charge in [0.25, 0.3) is 0 Å². The van der Waals surface area contributed by atoms with Crippen LogP contribution in [0.15, 0.2) is 18.2 Å². The molecule has 1 spiro atoms. The van der Waals surface area contributed by atoms with E-state index in [1.54, 1.807) is 11.0 Å². The van der Waals surface area contributed by atoms with Crippen LogP contribution in [0.4, 0.5) is 18.9 Å². The fourth-order valence-corrected chi connectivity index (χ4v) is 6.58. The van der Waals surface area contributed by atoms with Gasteiger partial charge in [-0.1, -0.05) is 13.3 Å². The number of hydrogen-bond acceptors (Lipinski definition) is 5. The molecule has 1 aromatic carbocycles. The van der Waals surface area contributed by atoms with Crippen molar-refractivity contribution in [3.8, 4) is 6.07 Å². The number of hydrogen-bond donors (Lipinski definition) is 1. The lowest BCUT2D eigenvalue weighted by molar-refractivity contribution is -0.137. The average molecular weight is 473 g/mol. The Balaban J connectivity index is 1.78. The van der Waals surface area contributed by atoms with Crippen molar-refractivity contribution in [3.05, 3.63) is 29.3 Å². The van der Waals surface area contributed by atoms with E-state index in [-0.39, 0.29) is 12.3 Å². The Labute approximate surface area is 186 Å². The number of carbonyl (C=O) groups is 1. The molecule has 1 aromatic rings. The summed E-state index contributed by atoms with van der Waals surface area (Å²) in [5, 5.41) is 8.98. The zero-order valence-corrected chi connectivity index (χ0v) is 18.7. The fraction of sp³-hybridized carbons (Fsp3) is 0.619. The largest absolute Gasteiger partial charge is 0.417 e. The van der Waals surface area contributed by atoms with Gasteiger partial charge >= 0.3 is 6.18 Å². The normalized spacial score (nSPS) is 21.6. The molecule has 2 saturated heterocycles. The minimum absolute atomic E-state index is 0.0407. The Kier molecular flexibility index (Phi) is 6.77. The molecule has 7 nitrogen and oxygen atoms in total. The third-order valence-corrected chi connectivity index (χ3v) is 8.43. The van der Waals surface area contributed by atoms with Crippen molar-refractivity contribution in [2.45, 2.75) is 51.2 Å². The zero-order valence-electron chi connectivity index (χ0n) is 17.9. The summed E-state index contributed by atoms with van der Waals surface area (Å²) < 4.78 is 66.7. The second-order valence-corrected chi connectivity index (χ2v) is 10.7. The summed E-state index contributed by atoms with van der Waals surface area (Å²) in [5.74, 6) is -0.715. The summed E-state index contributed by atoms with van der Waals surface area (Å²) in [4.78, 5) is 13.8. The second kappa shape index (κ2) is 8.90. The van der Waals surface area contributed by atoms with E-state index in [4.69, 9.17) is 11.0 Å². The Morgan fingerprint density at radius 2 is 1.97 bits per heavy atom. The van der Waals surface area contributed by atoms with Crippen LogP contribution in [0.5, 0.6) is 0 Å². The molecule has 0 saturated carbocycles. The van der Waals surface area contributed by atoms with Gasteiger partial charge in [0.1, 0.15) is 6.04 Å². The number of anilines is 1. The molecule has 2 heterocycles. The van der Waals surface area contributed by atoms with Gasteiger partial charge in [-0.15, -0.1) is 0 Å². The molecule has 0 aliphatic carbocycles. The number of carbonyl (C=O) groups excluding carboxylic acids is 1. The Hall–Kier alpha value is -2.32. The number of primary amides is 1. The van der Waals surface area contributed by atoms with Gasteiger partial charge in [-0.05, 0) is 49.3 Å². The minimum Gasteiger partial charge on any atom is -0.371 e. The van der Waals surface area contributed by atoms with Gasteiger partial charge in [0.2, 0.25) is 15.9 Å². The summed E-state index contributed by atoms with van der Waals surface area (Å²) in [6, 6.07) is 4.33. The Morgan fingerprint density at radius 3 is 2.50 bits per heavy atom. The Bertz CT molecular complexity index is 1010. The van der Waals surface area contributed by atoms with Crippen molar-refractivity contribution >= 4 is 21.6 Å². The van der Waals surface area contributed by atoms with Crippen molar-refractivity contribution in [3.63, 3.8) is 0 Å². The van der Waals surface area contributed by atoms with E-state index < -0.39 is 44.7 Å². The highest BCUT2D eigenvalue weighted by Crippen LogP contribution is 2.45. The first-order valence-corrected chi connectivity index (χ1v) is 12.2. The highest BCUT2D eigenvalue weighted by Gasteiger charge is 2.51. The van der Waals surface area contributed by atoms with E-state index in [1.807, 2.05) is 6.92 Å². The zero-order chi connectivity index (χ0) is 23.7. The monoisotopic (exact) mass is 472 g/mol. The van der Waals surface area contributed by atoms with Crippen LogP contribution in [0.2, 0.25) is 0 Å². The average Bonchev–Trinajstić information content (AvgIpc) is 3.12. The van der Waals surface area contributed by atoms with Crippen LogP contribution in [0.25, 0.3) is 0 Å². The number of alkyl halides is 3. The number of amides is 1. The van der Waals surface area contributed by atoms with Crippen LogP contribution in [-0.2, 0) is 21.0 Å². The van der Waals surface area contributed by atoms with E-state index >= 15 is 0 Å². The smallest absolute Gasteiger partial charge is 0.371 e. The predicted octanol–water partition coefficient (Wildman–Crippen LogP) is 2.85. The van der Waals surface area contributed by atoms with Crippen LogP contribution in [0.1, 0.15) is 50.2 Å². The number of unbranched alkanes of at least 4 members (excludes halogenated alkanes) is 1. The van der Waals surface area contributed by atoms with Crippen LogP contribution >= 0.6 is 0 Å². The number of benzene rings is 1. The van der Waals surface area contributed by atoms with Gasteiger partial charge in [-0.25, -0.2) is 8.42 Å². The quantitative estimate of drug-likeness (QED) is 0.685. The molecule has 0 aromatic heterocycles. The third kappa shape index (κ3) is 4.86. The maximum Gasteiger partial charge on any atom is 0.417 e. The molecule has 3 rings (SSSR count). The molecule has 2 fully saturated rings. The lowest BCUT2D eigenvalue weighted by atomic mass is 9.76. The number of nitriles is 1. The lowest BCUT2D eigenvalue weighted by Gasteiger charge is -2.40.